The molecule has 0 spiro atoms. The number of esters is 1. The maximum absolute atomic E-state index is 10.9. The molecular weight excluding hydrogens is 324 g/mol. The number of rotatable bonds is 4. The number of carbonyl (C=O) groups excluding carboxylic acids is 1. The summed E-state index contributed by atoms with van der Waals surface area (Å²) in [5, 5.41) is 9.10. The number of aromatic hydroxyl groups is 1. The van der Waals surface area contributed by atoms with Gasteiger partial charge in [0.2, 0.25) is 0 Å². The van der Waals surface area contributed by atoms with Gasteiger partial charge in [-0.25, -0.2) is 4.79 Å². The van der Waals surface area contributed by atoms with Crippen LogP contribution in [0.5, 0.6) is 5.75 Å². The standard InChI is InChI=1S/C12H10O.C11H12O2/c13-12-8-6-11(7-9-12)10-4-2-1-3-5-10;1-2-13-11(12)9-8-10-6-4-3-5-7-10/h1-9,13H;3-9H,2H2,1H3. The predicted octanol–water partition coefficient (Wildman–Crippen LogP) is 5.32. The van der Waals surface area contributed by atoms with Crippen molar-refractivity contribution in [1.82, 2.24) is 0 Å². The minimum absolute atomic E-state index is 0.300. The molecule has 132 valence electrons. The van der Waals surface area contributed by atoms with Gasteiger partial charge in [-0.3, -0.25) is 0 Å². The molecule has 0 aromatic heterocycles. The first-order valence-electron chi connectivity index (χ1n) is 8.43. The number of benzene rings is 3. The Morgan fingerprint density at radius 3 is 1.96 bits per heavy atom. The number of hydrogen-bond donors (Lipinski definition) is 1. The smallest absolute Gasteiger partial charge is 0.330 e. The maximum atomic E-state index is 10.9. The third-order valence-corrected chi connectivity index (χ3v) is 3.47. The second-order valence-electron chi connectivity index (χ2n) is 5.41. The molecule has 26 heavy (non-hydrogen) atoms. The lowest BCUT2D eigenvalue weighted by Gasteiger charge is -2.00. The van der Waals surface area contributed by atoms with E-state index in [1.807, 2.05) is 72.8 Å². The molecule has 0 heterocycles. The summed E-state index contributed by atoms with van der Waals surface area (Å²) < 4.78 is 4.74. The number of phenols is 1. The van der Waals surface area contributed by atoms with Crippen molar-refractivity contribution in [2.45, 2.75) is 6.92 Å². The van der Waals surface area contributed by atoms with Crippen molar-refractivity contribution in [3.8, 4) is 16.9 Å². The Morgan fingerprint density at radius 1 is 0.846 bits per heavy atom. The highest BCUT2D eigenvalue weighted by molar-refractivity contribution is 5.86. The monoisotopic (exact) mass is 346 g/mol. The molecule has 3 rings (SSSR count). The van der Waals surface area contributed by atoms with E-state index in [1.165, 1.54) is 11.6 Å². The normalized spacial score (nSPS) is 10.0. The van der Waals surface area contributed by atoms with Gasteiger partial charge in [-0.1, -0.05) is 72.8 Å². The Morgan fingerprint density at radius 2 is 1.38 bits per heavy atom. The van der Waals surface area contributed by atoms with Crippen LogP contribution >= 0.6 is 0 Å². The van der Waals surface area contributed by atoms with E-state index in [1.54, 1.807) is 25.1 Å². The zero-order chi connectivity index (χ0) is 18.6. The van der Waals surface area contributed by atoms with Gasteiger partial charge < -0.3 is 9.84 Å². The summed E-state index contributed by atoms with van der Waals surface area (Å²) in [7, 11) is 0. The van der Waals surface area contributed by atoms with Gasteiger partial charge >= 0.3 is 5.97 Å². The van der Waals surface area contributed by atoms with Gasteiger partial charge in [0, 0.05) is 6.08 Å². The van der Waals surface area contributed by atoms with E-state index in [0.717, 1.165) is 11.1 Å². The van der Waals surface area contributed by atoms with Gasteiger partial charge in [-0.05, 0) is 41.8 Å². The van der Waals surface area contributed by atoms with Crippen LogP contribution in [-0.2, 0) is 9.53 Å². The molecule has 3 aromatic carbocycles. The first-order valence-corrected chi connectivity index (χ1v) is 8.43. The van der Waals surface area contributed by atoms with Crippen LogP contribution in [0.4, 0.5) is 0 Å². The van der Waals surface area contributed by atoms with Crippen LogP contribution in [0.2, 0.25) is 0 Å². The van der Waals surface area contributed by atoms with Crippen LogP contribution in [0, 0.1) is 0 Å². The Kier molecular flexibility index (Phi) is 7.69. The van der Waals surface area contributed by atoms with Crippen molar-refractivity contribution in [3.63, 3.8) is 0 Å². The molecule has 0 saturated carbocycles. The van der Waals surface area contributed by atoms with Crippen molar-refractivity contribution >= 4 is 12.0 Å². The fraction of sp³-hybridized carbons (Fsp3) is 0.0870. The third kappa shape index (κ3) is 6.65. The number of hydrogen-bond acceptors (Lipinski definition) is 3. The fourth-order valence-electron chi connectivity index (χ4n) is 2.20. The predicted molar refractivity (Wildman–Crippen MR) is 106 cm³/mol. The maximum Gasteiger partial charge on any atom is 0.330 e. The molecule has 0 atom stereocenters. The zero-order valence-corrected chi connectivity index (χ0v) is 14.7. The van der Waals surface area contributed by atoms with Gasteiger partial charge in [0.25, 0.3) is 0 Å². The lowest BCUT2D eigenvalue weighted by molar-refractivity contribution is -0.137. The topological polar surface area (TPSA) is 46.5 Å². The number of phenolic OH excluding ortho intramolecular Hbond substituents is 1. The van der Waals surface area contributed by atoms with E-state index in [0.29, 0.717) is 12.4 Å². The minimum atomic E-state index is -0.300. The van der Waals surface area contributed by atoms with E-state index < -0.39 is 0 Å². The average Bonchev–Trinajstić information content (AvgIpc) is 2.69. The van der Waals surface area contributed by atoms with Gasteiger partial charge in [0.15, 0.2) is 0 Å². The molecular formula is C23H22O3. The van der Waals surface area contributed by atoms with E-state index in [-0.39, 0.29) is 5.97 Å². The molecule has 1 N–H and O–H groups in total. The fourth-order valence-corrected chi connectivity index (χ4v) is 2.20. The summed E-state index contributed by atoms with van der Waals surface area (Å²) in [5.41, 5.74) is 3.29. The molecule has 3 aromatic rings. The summed E-state index contributed by atoms with van der Waals surface area (Å²) in [6.45, 7) is 2.20. The third-order valence-electron chi connectivity index (χ3n) is 3.47. The molecule has 0 bridgehead atoms. The number of carbonyl (C=O) groups is 1. The van der Waals surface area contributed by atoms with Gasteiger partial charge in [0.05, 0.1) is 6.61 Å². The van der Waals surface area contributed by atoms with Gasteiger partial charge in [-0.2, -0.15) is 0 Å². The van der Waals surface area contributed by atoms with Crippen LogP contribution in [0.1, 0.15) is 12.5 Å². The van der Waals surface area contributed by atoms with Crippen molar-refractivity contribution < 1.29 is 14.6 Å². The number of ether oxygens (including phenoxy) is 1. The van der Waals surface area contributed by atoms with Gasteiger partial charge in [0.1, 0.15) is 5.75 Å². The van der Waals surface area contributed by atoms with Crippen LogP contribution in [0.25, 0.3) is 17.2 Å². The minimum Gasteiger partial charge on any atom is -0.508 e. The largest absolute Gasteiger partial charge is 0.508 e. The Bertz CT molecular complexity index is 807. The van der Waals surface area contributed by atoms with Crippen LogP contribution in [0.15, 0.2) is 91.0 Å². The molecule has 0 amide bonds. The molecule has 0 saturated heterocycles. The molecule has 3 nitrogen and oxygen atoms in total. The zero-order valence-electron chi connectivity index (χ0n) is 14.7. The molecule has 0 radical (unpaired) electrons. The molecule has 0 aliphatic rings. The SMILES string of the molecule is CCOC(=O)C=Cc1ccccc1.Oc1ccc(-c2ccccc2)cc1. The quantitative estimate of drug-likeness (QED) is 0.513. The van der Waals surface area contributed by atoms with Crippen molar-refractivity contribution in [1.29, 1.82) is 0 Å². The summed E-state index contributed by atoms with van der Waals surface area (Å²) in [6, 6.07) is 26.9. The lowest BCUT2D eigenvalue weighted by Crippen LogP contribution is -1.98. The van der Waals surface area contributed by atoms with E-state index in [9.17, 15) is 4.79 Å². The lowest BCUT2D eigenvalue weighted by atomic mass is 10.1. The van der Waals surface area contributed by atoms with Crippen molar-refractivity contribution in [2.24, 2.45) is 0 Å². The second-order valence-corrected chi connectivity index (χ2v) is 5.41. The Balaban J connectivity index is 0.000000187. The Labute approximate surface area is 154 Å². The highest BCUT2D eigenvalue weighted by atomic mass is 16.5. The summed E-state index contributed by atoms with van der Waals surface area (Å²) in [6.07, 6.45) is 3.16. The Hall–Kier alpha value is -3.33. The molecule has 0 unspecified atom stereocenters. The van der Waals surface area contributed by atoms with Crippen LogP contribution in [-0.4, -0.2) is 17.7 Å². The molecule has 3 heteroatoms. The summed E-state index contributed by atoms with van der Waals surface area (Å²) >= 11 is 0. The van der Waals surface area contributed by atoms with E-state index in [4.69, 9.17) is 9.84 Å². The molecule has 0 aliphatic heterocycles. The highest BCUT2D eigenvalue weighted by Crippen LogP contribution is 2.20. The summed E-state index contributed by atoms with van der Waals surface area (Å²) in [4.78, 5) is 10.9. The van der Waals surface area contributed by atoms with Crippen LogP contribution in [0.3, 0.4) is 0 Å². The van der Waals surface area contributed by atoms with E-state index in [2.05, 4.69) is 0 Å². The molecule has 0 fully saturated rings. The van der Waals surface area contributed by atoms with E-state index >= 15 is 0 Å². The average molecular weight is 346 g/mol. The first-order chi connectivity index (χ1) is 12.7. The van der Waals surface area contributed by atoms with Crippen LogP contribution < -0.4 is 0 Å². The van der Waals surface area contributed by atoms with Crippen molar-refractivity contribution in [2.75, 3.05) is 6.61 Å². The second kappa shape index (κ2) is 10.5. The van der Waals surface area contributed by atoms with Gasteiger partial charge in [-0.15, -0.1) is 0 Å². The summed E-state index contributed by atoms with van der Waals surface area (Å²) in [5.74, 6) is 0.00559. The first kappa shape index (κ1) is 19.0. The molecule has 0 aliphatic carbocycles. The highest BCUT2D eigenvalue weighted by Gasteiger charge is 1.95. The van der Waals surface area contributed by atoms with Crippen molar-refractivity contribution in [3.05, 3.63) is 96.6 Å².